The molecule has 0 aliphatic carbocycles. The van der Waals surface area contributed by atoms with E-state index in [1.165, 1.54) is 51.4 Å². The third-order valence-corrected chi connectivity index (χ3v) is 8.75. The van der Waals surface area contributed by atoms with Crippen LogP contribution in [0.5, 0.6) is 0 Å². The number of carbonyl (C=O) groups excluding carboxylic acids is 2. The van der Waals surface area contributed by atoms with Gasteiger partial charge < -0.3 is 54.0 Å². The predicted octanol–water partition coefficient (Wildman–Crippen LogP) is -12.3. The van der Waals surface area contributed by atoms with Crippen molar-refractivity contribution < 1.29 is 112 Å². The van der Waals surface area contributed by atoms with Crippen molar-refractivity contribution in [1.82, 2.24) is 19.8 Å². The van der Waals surface area contributed by atoms with Crippen molar-refractivity contribution >= 4 is 39.2 Å². The summed E-state index contributed by atoms with van der Waals surface area (Å²) in [5, 5.41) is 22.2. The maximum atomic E-state index is 11.1. The van der Waals surface area contributed by atoms with Crippen molar-refractivity contribution in [3.05, 3.63) is 59.2 Å². The Kier molecular flexibility index (Phi) is 45.5. The quantitative estimate of drug-likeness (QED) is 0.186. The Morgan fingerprint density at radius 3 is 0.938 bits per heavy atom. The summed E-state index contributed by atoms with van der Waals surface area (Å²) in [5.41, 5.74) is 1.08. The van der Waals surface area contributed by atoms with Crippen molar-refractivity contribution in [2.75, 3.05) is 118 Å². The number of rotatable bonds is 12. The zero-order chi connectivity index (χ0) is 47.4. The number of aromatic nitrogens is 2. The van der Waals surface area contributed by atoms with Crippen LogP contribution in [0, 0.1) is 20.5 Å². The summed E-state index contributed by atoms with van der Waals surface area (Å²) in [7, 11) is -9.89. The van der Waals surface area contributed by atoms with Gasteiger partial charge in [-0.3, -0.25) is 19.8 Å². The molecule has 0 amide bonds. The van der Waals surface area contributed by atoms with E-state index in [2.05, 4.69) is 61.3 Å². The number of nitrogens with one attached hydrogen (secondary N) is 2. The van der Waals surface area contributed by atoms with Crippen LogP contribution in [-0.2, 0) is 32.0 Å². The zero-order valence-electron chi connectivity index (χ0n) is 37.7. The molecule has 2 radical (unpaired) electrons. The molecule has 26 heteroatoms. The molecule has 1 aliphatic rings. The number of pyridine rings is 2. The smallest absolute Gasteiger partial charge is 0.543 e. The Morgan fingerprint density at radius 1 is 0.516 bits per heavy atom. The van der Waals surface area contributed by atoms with Gasteiger partial charge in [0, 0.05) is 39.3 Å². The molecule has 0 unspecified atom stereocenters. The molecule has 0 spiro atoms. The Hall–Kier alpha value is -1.94. The molecule has 0 atom stereocenters. The van der Waals surface area contributed by atoms with E-state index in [0.29, 0.717) is 104 Å². The van der Waals surface area contributed by atoms with Crippen molar-refractivity contribution in [2.45, 2.75) is 54.6 Å². The molecule has 64 heavy (non-hydrogen) atoms. The maximum absolute atomic E-state index is 11.1. The molecular weight excluding hydrogens is 1090 g/mol. The van der Waals surface area contributed by atoms with Crippen LogP contribution < -0.4 is 57.3 Å². The number of carbonyl (C=O) groups is 2. The number of carboxylic acid groups (broad SMARTS) is 2. The second kappa shape index (κ2) is 42.4. The maximum Gasteiger partial charge on any atom is 2.00 e. The summed E-state index contributed by atoms with van der Waals surface area (Å²) in [6.45, 7) is 28.0. The van der Waals surface area contributed by atoms with Gasteiger partial charge in [0.05, 0.1) is 127 Å². The van der Waals surface area contributed by atoms with E-state index in [1.54, 1.807) is 34.1 Å². The van der Waals surface area contributed by atoms with E-state index in [9.17, 15) is 19.8 Å². The fraction of sp³-hybridized carbons (Fsp3) is 0.684. The summed E-state index contributed by atoms with van der Waals surface area (Å²) in [6.07, 6.45) is 0. The molecule has 370 valence electrons. The van der Waals surface area contributed by atoms with E-state index in [1.807, 2.05) is 0 Å². The van der Waals surface area contributed by atoms with Gasteiger partial charge in [-0.15, -0.1) is 20.5 Å². The normalized spacial score (nSPS) is 15.0. The minimum atomic E-state index is -4.94. The number of aromatic carboxylic acids is 2. The monoisotopic (exact) mass is 1160 g/mol. The zero-order valence-corrected chi connectivity index (χ0v) is 43.1. The fourth-order valence-corrected chi connectivity index (χ4v) is 5.28. The molecule has 3 rings (SSSR count). The first-order valence-electron chi connectivity index (χ1n) is 20.2. The summed E-state index contributed by atoms with van der Waals surface area (Å²) < 4.78 is 90.9. The third-order valence-electron chi connectivity index (χ3n) is 8.75. The number of hydrogen-bond acceptors (Lipinski definition) is 20. The van der Waals surface area contributed by atoms with Crippen molar-refractivity contribution in [2.24, 2.45) is 0 Å². The summed E-state index contributed by atoms with van der Waals surface area (Å²) in [4.78, 5) is 38.1. The number of quaternary nitrogens is 2. The van der Waals surface area contributed by atoms with Crippen LogP contribution in [-0.4, -0.2) is 183 Å². The summed E-state index contributed by atoms with van der Waals surface area (Å²) in [5.74, 6) is -2.61. The van der Waals surface area contributed by atoms with Gasteiger partial charge in [-0.25, -0.2) is 37.3 Å². The third kappa shape index (κ3) is 45.2. The molecule has 0 bridgehead atoms. The van der Waals surface area contributed by atoms with E-state index in [0.717, 1.165) is 0 Å². The van der Waals surface area contributed by atoms with E-state index >= 15 is 0 Å². The number of carboxylic acids is 2. The summed E-state index contributed by atoms with van der Waals surface area (Å²) >= 11 is 0. The van der Waals surface area contributed by atoms with Gasteiger partial charge in [-0.2, -0.15) is 0 Å². The molecule has 3 heterocycles. The Labute approximate surface area is 401 Å². The topological polar surface area (TPSA) is 374 Å². The molecular formula is C38H68Cl2N6O17Pb. The van der Waals surface area contributed by atoms with Crippen LogP contribution >= 0.6 is 0 Å². The number of ether oxygens (including phenoxy) is 4. The van der Waals surface area contributed by atoms with Crippen molar-refractivity contribution in [1.29, 1.82) is 0 Å². The first kappa shape index (κ1) is 68.6. The molecule has 1 fully saturated rings. The summed E-state index contributed by atoms with van der Waals surface area (Å²) in [6, 6.07) is 9.69. The molecule has 2 aromatic rings. The van der Waals surface area contributed by atoms with Crippen LogP contribution in [0.3, 0.4) is 0 Å². The number of nitrogens with zero attached hydrogens (tertiary/aromatic N) is 4. The SMILES string of the molecule is CC[NH+](CC)CC.CC[NH+](CC)CC.O.O=C([O-])c1cccc(CN2CCOCCOCCN(Cc3cccc(C(=O)[O-])n3)CCOCCOCC2)n1.[O-][Cl+3]([O-])([O-])[O-].[O-][Cl+3]([O-])([O-])[O-].[Pb+2]. The minimum absolute atomic E-state index is 0. The average Bonchev–Trinajstić information content (AvgIpc) is 3.20. The number of hydrogen-bond donors (Lipinski definition) is 2. The van der Waals surface area contributed by atoms with Crippen LogP contribution in [0.15, 0.2) is 36.4 Å². The molecule has 1 aliphatic heterocycles. The van der Waals surface area contributed by atoms with Gasteiger partial charge in [0.1, 0.15) is 0 Å². The van der Waals surface area contributed by atoms with Gasteiger partial charge in [0.25, 0.3) is 0 Å². The molecule has 0 aromatic carbocycles. The molecule has 4 N–H and O–H groups in total. The standard InChI is InChI=1S/C26H36N4O8.2C6H15N.2ClHO4.H2O.Pb/c31-25(32)23-5-1-3-21(27-23)19-29-7-11-35-15-17-37-13-9-30(10-14-38-18-16-36-12-8-29)20-22-4-2-6-24(28-22)26(33)34;2*1-4-7(5-2)6-3;2*2-1(3,4)5;;/h1-6H,7-20H2,(H,31,32)(H,33,34);2*4-6H2,1-3H3;2*(H,2,3,4,5);1H2;/q;;;;;;+2/p-2. The Balaban J connectivity index is -0.000000565. The second-order valence-electron chi connectivity index (χ2n) is 13.0. The molecule has 1 saturated heterocycles. The average molecular weight is 1160 g/mol. The van der Waals surface area contributed by atoms with E-state index in [4.69, 9.17) is 56.2 Å². The van der Waals surface area contributed by atoms with Gasteiger partial charge >= 0.3 is 27.3 Å². The van der Waals surface area contributed by atoms with Crippen molar-refractivity contribution in [3.8, 4) is 0 Å². The van der Waals surface area contributed by atoms with Crippen LogP contribution in [0.1, 0.15) is 73.9 Å². The van der Waals surface area contributed by atoms with Crippen molar-refractivity contribution in [3.63, 3.8) is 0 Å². The molecule has 0 saturated carbocycles. The largest absolute Gasteiger partial charge is 2.00 e. The van der Waals surface area contributed by atoms with Crippen LogP contribution in [0.2, 0.25) is 0 Å². The van der Waals surface area contributed by atoms with Gasteiger partial charge in [0.2, 0.25) is 0 Å². The minimum Gasteiger partial charge on any atom is -0.543 e. The van der Waals surface area contributed by atoms with Crippen LogP contribution in [0.4, 0.5) is 0 Å². The predicted molar refractivity (Wildman–Crippen MR) is 206 cm³/mol. The Bertz CT molecular complexity index is 1270. The first-order valence-corrected chi connectivity index (χ1v) is 22.7. The fourth-order valence-electron chi connectivity index (χ4n) is 5.28. The Morgan fingerprint density at radius 2 is 0.750 bits per heavy atom. The van der Waals surface area contributed by atoms with Gasteiger partial charge in [-0.05, 0) is 65.8 Å². The van der Waals surface area contributed by atoms with Crippen LogP contribution in [0.25, 0.3) is 0 Å². The van der Waals surface area contributed by atoms with Gasteiger partial charge in [0.15, 0.2) is 0 Å². The van der Waals surface area contributed by atoms with Gasteiger partial charge in [-0.1, -0.05) is 12.1 Å². The number of halogens is 2. The second-order valence-corrected chi connectivity index (χ2v) is 14.5. The van der Waals surface area contributed by atoms with E-state index in [-0.39, 0.29) is 44.2 Å². The molecule has 23 nitrogen and oxygen atoms in total. The first-order chi connectivity index (χ1) is 29.2. The van der Waals surface area contributed by atoms with E-state index < -0.39 is 32.4 Å². The molecule has 2 aromatic heterocycles.